The van der Waals surface area contributed by atoms with E-state index in [1.165, 1.54) is 0 Å². The Morgan fingerprint density at radius 1 is 1.56 bits per heavy atom. The van der Waals surface area contributed by atoms with Crippen LogP contribution in [0.5, 0.6) is 11.5 Å². The summed E-state index contributed by atoms with van der Waals surface area (Å²) in [5.41, 5.74) is 0.851. The molecule has 0 saturated carbocycles. The molecule has 0 saturated heterocycles. The van der Waals surface area contributed by atoms with E-state index < -0.39 is 11.9 Å². The Hall–Kier alpha value is -1.71. The van der Waals surface area contributed by atoms with Crippen molar-refractivity contribution in [2.24, 2.45) is 5.92 Å². The van der Waals surface area contributed by atoms with E-state index in [0.717, 1.165) is 11.3 Å². The number of benzene rings is 1. The lowest BCUT2D eigenvalue weighted by molar-refractivity contribution is -0.144. The summed E-state index contributed by atoms with van der Waals surface area (Å²) in [6.07, 6.45) is 0. The van der Waals surface area contributed by atoms with E-state index in [1.807, 2.05) is 25.1 Å². The van der Waals surface area contributed by atoms with Crippen LogP contribution in [0.2, 0.25) is 0 Å². The van der Waals surface area contributed by atoms with Crippen LogP contribution < -0.4 is 9.47 Å². The summed E-state index contributed by atoms with van der Waals surface area (Å²) < 4.78 is 10.7. The molecule has 1 aliphatic rings. The molecule has 1 aliphatic heterocycles. The van der Waals surface area contributed by atoms with Crippen molar-refractivity contribution < 1.29 is 19.4 Å². The summed E-state index contributed by atoms with van der Waals surface area (Å²) in [4.78, 5) is 11.1. The Morgan fingerprint density at radius 3 is 2.94 bits per heavy atom. The van der Waals surface area contributed by atoms with Crippen LogP contribution in [-0.2, 0) is 4.79 Å². The predicted octanol–water partition coefficient (Wildman–Crippen LogP) is 1.89. The molecule has 1 N–H and O–H groups in total. The number of methoxy groups -OCH3 is 1. The van der Waals surface area contributed by atoms with Crippen LogP contribution in [0.4, 0.5) is 0 Å². The molecule has 2 rings (SSSR count). The number of fused-ring (bicyclic) bond motifs is 1. The van der Waals surface area contributed by atoms with Gasteiger partial charge in [0.05, 0.1) is 13.0 Å². The van der Waals surface area contributed by atoms with Crippen molar-refractivity contribution in [1.29, 1.82) is 0 Å². The van der Waals surface area contributed by atoms with E-state index in [-0.39, 0.29) is 12.5 Å². The number of hydrogen-bond donors (Lipinski definition) is 1. The average Bonchev–Trinajstić information content (AvgIpc) is 2.28. The highest BCUT2D eigenvalue weighted by Crippen LogP contribution is 2.42. The molecule has 4 nitrogen and oxygen atoms in total. The molecule has 16 heavy (non-hydrogen) atoms. The molecule has 1 aromatic rings. The highest BCUT2D eigenvalue weighted by molar-refractivity contribution is 5.73. The maximum Gasteiger partial charge on any atom is 0.310 e. The monoisotopic (exact) mass is 222 g/mol. The van der Waals surface area contributed by atoms with E-state index in [0.29, 0.717) is 5.75 Å². The van der Waals surface area contributed by atoms with Gasteiger partial charge in [-0.2, -0.15) is 0 Å². The van der Waals surface area contributed by atoms with Crippen molar-refractivity contribution >= 4 is 5.97 Å². The molecule has 0 bridgehead atoms. The maximum atomic E-state index is 11.1. The van der Waals surface area contributed by atoms with Crippen molar-refractivity contribution in [3.63, 3.8) is 0 Å². The summed E-state index contributed by atoms with van der Waals surface area (Å²) in [6, 6.07) is 5.50. The lowest BCUT2D eigenvalue weighted by Crippen LogP contribution is -2.31. The number of hydrogen-bond acceptors (Lipinski definition) is 3. The number of carbonyl (C=O) groups is 1. The number of rotatable bonds is 2. The van der Waals surface area contributed by atoms with E-state index >= 15 is 0 Å². The van der Waals surface area contributed by atoms with Crippen molar-refractivity contribution in [3.8, 4) is 11.5 Å². The van der Waals surface area contributed by atoms with Crippen LogP contribution in [0.15, 0.2) is 18.2 Å². The summed E-state index contributed by atoms with van der Waals surface area (Å²) >= 11 is 0. The van der Waals surface area contributed by atoms with Gasteiger partial charge >= 0.3 is 5.97 Å². The number of carboxylic acid groups (broad SMARTS) is 1. The Bertz CT molecular complexity index is 399. The molecule has 0 aliphatic carbocycles. The second-order valence-electron chi connectivity index (χ2n) is 3.92. The van der Waals surface area contributed by atoms with Gasteiger partial charge in [0, 0.05) is 11.5 Å². The number of aliphatic carboxylic acids is 1. The van der Waals surface area contributed by atoms with Gasteiger partial charge in [0.15, 0.2) is 0 Å². The molecule has 0 amide bonds. The lowest BCUT2D eigenvalue weighted by atomic mass is 9.85. The molecular formula is C12H14O4. The molecule has 1 heterocycles. The van der Waals surface area contributed by atoms with Gasteiger partial charge < -0.3 is 14.6 Å². The average molecular weight is 222 g/mol. The summed E-state index contributed by atoms with van der Waals surface area (Å²) in [7, 11) is 1.58. The quantitative estimate of drug-likeness (QED) is 0.830. The van der Waals surface area contributed by atoms with Crippen molar-refractivity contribution in [2.45, 2.75) is 12.8 Å². The topological polar surface area (TPSA) is 55.8 Å². The molecular weight excluding hydrogens is 208 g/mol. The summed E-state index contributed by atoms with van der Waals surface area (Å²) in [5.74, 6) is -0.0226. The second-order valence-corrected chi connectivity index (χ2v) is 3.92. The first-order chi connectivity index (χ1) is 7.65. The zero-order valence-corrected chi connectivity index (χ0v) is 9.27. The van der Waals surface area contributed by atoms with Gasteiger partial charge in [0.25, 0.3) is 0 Å². The van der Waals surface area contributed by atoms with Crippen LogP contribution in [0.1, 0.15) is 18.4 Å². The molecule has 1 aromatic carbocycles. The predicted molar refractivity (Wildman–Crippen MR) is 58.0 cm³/mol. The van der Waals surface area contributed by atoms with Crippen molar-refractivity contribution in [2.75, 3.05) is 13.7 Å². The molecule has 4 heteroatoms. The highest BCUT2D eigenvalue weighted by atomic mass is 16.5. The lowest BCUT2D eigenvalue weighted by Gasteiger charge is -2.29. The Kier molecular flexibility index (Phi) is 2.73. The van der Waals surface area contributed by atoms with Gasteiger partial charge in [-0.25, -0.2) is 0 Å². The van der Waals surface area contributed by atoms with Gasteiger partial charge in [-0.1, -0.05) is 13.0 Å². The zero-order valence-electron chi connectivity index (χ0n) is 9.27. The fourth-order valence-electron chi connectivity index (χ4n) is 2.09. The molecule has 0 radical (unpaired) electrons. The van der Waals surface area contributed by atoms with Crippen LogP contribution in [-0.4, -0.2) is 24.8 Å². The Morgan fingerprint density at radius 2 is 2.31 bits per heavy atom. The molecule has 2 unspecified atom stereocenters. The van der Waals surface area contributed by atoms with Crippen molar-refractivity contribution in [1.82, 2.24) is 0 Å². The standard InChI is InChI=1S/C12H14O4/c1-7-8(12(13)14)6-16-10-5-3-4-9(15-2)11(7)10/h3-5,7-8H,6H2,1-2H3,(H,13,14). The Balaban J connectivity index is 2.45. The van der Waals surface area contributed by atoms with Gasteiger partial charge in [0.1, 0.15) is 18.1 Å². The third kappa shape index (κ3) is 1.60. The molecule has 86 valence electrons. The van der Waals surface area contributed by atoms with Crippen LogP contribution in [0.25, 0.3) is 0 Å². The van der Waals surface area contributed by atoms with Gasteiger partial charge in [0.2, 0.25) is 0 Å². The Labute approximate surface area is 93.8 Å². The third-order valence-corrected chi connectivity index (χ3v) is 3.04. The molecule has 0 aromatic heterocycles. The minimum absolute atomic E-state index is 0.0996. The minimum atomic E-state index is -0.830. The SMILES string of the molecule is COc1cccc2c1C(C)C(C(=O)O)CO2. The minimum Gasteiger partial charge on any atom is -0.496 e. The van der Waals surface area contributed by atoms with Crippen LogP contribution in [0, 0.1) is 5.92 Å². The van der Waals surface area contributed by atoms with E-state index in [1.54, 1.807) is 7.11 Å². The van der Waals surface area contributed by atoms with Gasteiger partial charge in [-0.15, -0.1) is 0 Å². The fraction of sp³-hybridized carbons (Fsp3) is 0.417. The normalized spacial score (nSPS) is 23.1. The van der Waals surface area contributed by atoms with Gasteiger partial charge in [-0.3, -0.25) is 4.79 Å². The van der Waals surface area contributed by atoms with E-state index in [9.17, 15) is 4.79 Å². The molecule has 0 fully saturated rings. The first-order valence-corrected chi connectivity index (χ1v) is 5.17. The van der Waals surface area contributed by atoms with E-state index in [2.05, 4.69) is 0 Å². The highest BCUT2D eigenvalue weighted by Gasteiger charge is 2.34. The molecule has 2 atom stereocenters. The first-order valence-electron chi connectivity index (χ1n) is 5.17. The van der Waals surface area contributed by atoms with Crippen LogP contribution >= 0.6 is 0 Å². The number of carboxylic acids is 1. The first kappa shape index (κ1) is 10.8. The smallest absolute Gasteiger partial charge is 0.310 e. The van der Waals surface area contributed by atoms with Crippen LogP contribution in [0.3, 0.4) is 0 Å². The van der Waals surface area contributed by atoms with Gasteiger partial charge in [-0.05, 0) is 12.1 Å². The maximum absolute atomic E-state index is 11.1. The third-order valence-electron chi connectivity index (χ3n) is 3.04. The largest absolute Gasteiger partial charge is 0.496 e. The fourth-order valence-corrected chi connectivity index (χ4v) is 2.09. The zero-order chi connectivity index (χ0) is 11.7. The molecule has 0 spiro atoms. The van der Waals surface area contributed by atoms with Crippen molar-refractivity contribution in [3.05, 3.63) is 23.8 Å². The van der Waals surface area contributed by atoms with E-state index in [4.69, 9.17) is 14.6 Å². The second kappa shape index (κ2) is 4.04. The number of ether oxygens (including phenoxy) is 2. The summed E-state index contributed by atoms with van der Waals surface area (Å²) in [6.45, 7) is 2.11. The summed E-state index contributed by atoms with van der Waals surface area (Å²) in [5, 5.41) is 9.08.